The van der Waals surface area contributed by atoms with E-state index in [2.05, 4.69) is 15.2 Å². The van der Waals surface area contributed by atoms with Gasteiger partial charge in [-0.2, -0.15) is 18.3 Å². The highest BCUT2D eigenvalue weighted by Crippen LogP contribution is 2.21. The van der Waals surface area contributed by atoms with Crippen molar-refractivity contribution in [1.82, 2.24) is 15.1 Å². The van der Waals surface area contributed by atoms with Crippen molar-refractivity contribution in [3.05, 3.63) is 16.4 Å². The van der Waals surface area contributed by atoms with E-state index in [4.69, 9.17) is 11.6 Å². The zero-order chi connectivity index (χ0) is 15.3. The zero-order valence-corrected chi connectivity index (χ0v) is 12.5. The summed E-state index contributed by atoms with van der Waals surface area (Å²) in [5.41, 5.74) is 1.60. The van der Waals surface area contributed by atoms with Gasteiger partial charge in [0.2, 0.25) is 0 Å². The van der Waals surface area contributed by atoms with Crippen LogP contribution in [0.5, 0.6) is 0 Å². The van der Waals surface area contributed by atoms with Crippen LogP contribution in [-0.4, -0.2) is 42.3 Å². The summed E-state index contributed by atoms with van der Waals surface area (Å²) in [6, 6.07) is -0.0180. The number of alkyl halides is 3. The van der Waals surface area contributed by atoms with Crippen LogP contribution in [0, 0.1) is 6.92 Å². The van der Waals surface area contributed by atoms with Crippen molar-refractivity contribution < 1.29 is 17.9 Å². The van der Waals surface area contributed by atoms with E-state index in [1.807, 2.05) is 6.92 Å². The number of nitrogens with zero attached hydrogens (tertiary/aromatic N) is 2. The van der Waals surface area contributed by atoms with Gasteiger partial charge in [-0.1, -0.05) is 11.6 Å². The first-order valence-corrected chi connectivity index (χ1v) is 6.62. The van der Waals surface area contributed by atoms with Crippen molar-refractivity contribution in [3.63, 3.8) is 0 Å². The molecule has 1 atom stereocenters. The van der Waals surface area contributed by atoms with E-state index in [1.54, 1.807) is 18.8 Å². The highest BCUT2D eigenvalue weighted by Gasteiger charge is 2.27. The van der Waals surface area contributed by atoms with Gasteiger partial charge in [-0.05, 0) is 20.4 Å². The Bertz CT molecular complexity index is 434. The van der Waals surface area contributed by atoms with Crippen molar-refractivity contribution in [2.24, 2.45) is 7.05 Å². The number of aryl methyl sites for hydroxylation is 2. The van der Waals surface area contributed by atoms with Crippen molar-refractivity contribution >= 4 is 11.6 Å². The van der Waals surface area contributed by atoms with Gasteiger partial charge in [0.15, 0.2) is 0 Å². The van der Waals surface area contributed by atoms with E-state index in [0.717, 1.165) is 11.4 Å². The number of halogens is 4. The van der Waals surface area contributed by atoms with Crippen LogP contribution in [0.3, 0.4) is 0 Å². The molecule has 1 aromatic heterocycles. The molecule has 1 N–H and O–H groups in total. The van der Waals surface area contributed by atoms with E-state index >= 15 is 0 Å². The zero-order valence-electron chi connectivity index (χ0n) is 11.7. The summed E-state index contributed by atoms with van der Waals surface area (Å²) in [4.78, 5) is 0. The molecule has 0 aromatic carbocycles. The lowest BCUT2D eigenvalue weighted by Crippen LogP contribution is -2.30. The maximum atomic E-state index is 11.9. The highest BCUT2D eigenvalue weighted by atomic mass is 35.5. The molecule has 4 nitrogen and oxygen atoms in total. The molecule has 0 aliphatic rings. The van der Waals surface area contributed by atoms with Crippen molar-refractivity contribution in [2.45, 2.75) is 32.0 Å². The molecule has 1 aromatic rings. The lowest BCUT2D eigenvalue weighted by molar-refractivity contribution is -0.174. The Morgan fingerprint density at radius 3 is 2.55 bits per heavy atom. The summed E-state index contributed by atoms with van der Waals surface area (Å²) in [6.07, 6.45) is -3.23. The molecule has 116 valence electrons. The van der Waals surface area contributed by atoms with E-state index in [0.29, 0.717) is 17.9 Å². The van der Waals surface area contributed by atoms with Gasteiger partial charge in [0.25, 0.3) is 0 Å². The van der Waals surface area contributed by atoms with Gasteiger partial charge in [-0.25, -0.2) is 0 Å². The molecule has 0 bridgehead atoms. The van der Waals surface area contributed by atoms with Crippen molar-refractivity contribution in [3.8, 4) is 0 Å². The third-order valence-electron chi connectivity index (χ3n) is 2.99. The lowest BCUT2D eigenvalue weighted by Gasteiger charge is -2.17. The summed E-state index contributed by atoms with van der Waals surface area (Å²) in [5, 5.41) is 7.86. The second kappa shape index (κ2) is 7.28. The molecule has 8 heteroatoms. The first-order chi connectivity index (χ1) is 9.24. The Hall–Kier alpha value is -0.790. The summed E-state index contributed by atoms with van der Waals surface area (Å²) in [6.45, 7) is 0.640. The molecule has 0 radical (unpaired) electrons. The van der Waals surface area contributed by atoms with E-state index < -0.39 is 12.8 Å². The number of ether oxygens (including phenoxy) is 1. The van der Waals surface area contributed by atoms with Crippen LogP contribution < -0.4 is 5.32 Å². The number of hydrogen-bond acceptors (Lipinski definition) is 3. The Morgan fingerprint density at radius 1 is 1.45 bits per heavy atom. The van der Waals surface area contributed by atoms with Gasteiger partial charge < -0.3 is 10.1 Å². The average Bonchev–Trinajstić information content (AvgIpc) is 2.57. The monoisotopic (exact) mass is 313 g/mol. The second-order valence-corrected chi connectivity index (χ2v) is 4.99. The van der Waals surface area contributed by atoms with Gasteiger partial charge in [0.05, 0.1) is 16.4 Å². The van der Waals surface area contributed by atoms with Crippen LogP contribution in [-0.2, 0) is 18.2 Å². The predicted molar refractivity (Wildman–Crippen MR) is 71.0 cm³/mol. The number of nitrogens with one attached hydrogen (secondary N) is 1. The minimum Gasteiger partial charge on any atom is -0.372 e. The second-order valence-electron chi connectivity index (χ2n) is 4.62. The summed E-state index contributed by atoms with van der Waals surface area (Å²) >= 11 is 6.15. The average molecular weight is 314 g/mol. The van der Waals surface area contributed by atoms with E-state index in [-0.39, 0.29) is 12.6 Å². The molecule has 0 fully saturated rings. The smallest absolute Gasteiger partial charge is 0.372 e. The van der Waals surface area contributed by atoms with E-state index in [1.165, 1.54) is 0 Å². The first-order valence-electron chi connectivity index (χ1n) is 6.24. The van der Waals surface area contributed by atoms with Crippen LogP contribution in [0.25, 0.3) is 0 Å². The molecule has 1 rings (SSSR count). The fourth-order valence-corrected chi connectivity index (χ4v) is 2.13. The standard InChI is InChI=1S/C12H19ClF3N3O/c1-8-11(13)10(19(3)18-8)6-9(17-2)4-5-20-7-12(14,15)16/h9,17H,4-7H2,1-3H3. The molecule has 0 spiro atoms. The van der Waals surface area contributed by atoms with Gasteiger partial charge >= 0.3 is 6.18 Å². The lowest BCUT2D eigenvalue weighted by atomic mass is 10.1. The summed E-state index contributed by atoms with van der Waals surface area (Å²) < 4.78 is 42.1. The fraction of sp³-hybridized carbons (Fsp3) is 0.750. The first kappa shape index (κ1) is 17.3. The predicted octanol–water partition coefficient (Wildman–Crippen LogP) is 2.48. The molecule has 0 amide bonds. The maximum absolute atomic E-state index is 11.9. The molecule has 1 unspecified atom stereocenters. The minimum atomic E-state index is -4.28. The topological polar surface area (TPSA) is 39.1 Å². The van der Waals surface area contributed by atoms with Crippen LogP contribution in [0.4, 0.5) is 13.2 Å². The van der Waals surface area contributed by atoms with Gasteiger partial charge in [-0.15, -0.1) is 0 Å². The number of likely N-dealkylation sites (N-methyl/N-ethyl adjacent to an activating group) is 1. The molecule has 20 heavy (non-hydrogen) atoms. The molecule has 0 saturated carbocycles. The largest absolute Gasteiger partial charge is 0.411 e. The SMILES string of the molecule is CNC(CCOCC(F)(F)F)Cc1c(Cl)c(C)nn1C. The van der Waals surface area contributed by atoms with Crippen LogP contribution >= 0.6 is 11.6 Å². The van der Waals surface area contributed by atoms with Crippen LogP contribution in [0.2, 0.25) is 5.02 Å². The Kier molecular flexibility index (Phi) is 6.29. The molecule has 0 aliphatic carbocycles. The maximum Gasteiger partial charge on any atom is 0.411 e. The van der Waals surface area contributed by atoms with Crippen molar-refractivity contribution in [1.29, 1.82) is 0 Å². The fourth-order valence-electron chi connectivity index (χ4n) is 1.90. The van der Waals surface area contributed by atoms with Crippen LogP contribution in [0.1, 0.15) is 17.8 Å². The quantitative estimate of drug-likeness (QED) is 0.786. The van der Waals surface area contributed by atoms with E-state index in [9.17, 15) is 13.2 Å². The van der Waals surface area contributed by atoms with Crippen molar-refractivity contribution in [2.75, 3.05) is 20.3 Å². The summed E-state index contributed by atoms with van der Waals surface area (Å²) in [7, 11) is 3.55. The molecule has 0 aliphatic heterocycles. The Morgan fingerprint density at radius 2 is 2.10 bits per heavy atom. The normalized spacial score (nSPS) is 13.8. The summed E-state index contributed by atoms with van der Waals surface area (Å²) in [5.74, 6) is 0. The highest BCUT2D eigenvalue weighted by molar-refractivity contribution is 6.31. The number of aromatic nitrogens is 2. The molecular weight excluding hydrogens is 295 g/mol. The van der Waals surface area contributed by atoms with Gasteiger partial charge in [0, 0.05) is 26.1 Å². The van der Waals surface area contributed by atoms with Crippen LogP contribution in [0.15, 0.2) is 0 Å². The minimum absolute atomic E-state index is 0.0180. The Balaban J connectivity index is 2.47. The van der Waals surface area contributed by atoms with Gasteiger partial charge in [-0.3, -0.25) is 4.68 Å². The molecule has 1 heterocycles. The third-order valence-corrected chi connectivity index (χ3v) is 3.48. The molecule has 0 saturated heterocycles. The third kappa shape index (κ3) is 5.30. The number of rotatable bonds is 7. The Labute approximate surface area is 121 Å². The number of hydrogen-bond donors (Lipinski definition) is 1. The van der Waals surface area contributed by atoms with Gasteiger partial charge in [0.1, 0.15) is 6.61 Å². The molecular formula is C12H19ClF3N3O.